The van der Waals surface area contributed by atoms with Crippen LogP contribution in [0.1, 0.15) is 26.6 Å². The Morgan fingerprint density at radius 3 is 2.31 bits per heavy atom. The van der Waals surface area contributed by atoms with Gasteiger partial charge in [0.05, 0.1) is 6.42 Å². The van der Waals surface area contributed by atoms with Crippen molar-refractivity contribution in [2.45, 2.75) is 19.9 Å². The molecule has 1 aliphatic rings. The van der Waals surface area contributed by atoms with Gasteiger partial charge in [0.15, 0.2) is 0 Å². The van der Waals surface area contributed by atoms with Crippen LogP contribution in [0.4, 0.5) is 0 Å². The van der Waals surface area contributed by atoms with Crippen LogP contribution in [0.5, 0.6) is 0 Å². The van der Waals surface area contributed by atoms with E-state index >= 15 is 0 Å². The summed E-state index contributed by atoms with van der Waals surface area (Å²) in [6.07, 6.45) is 0.403. The number of halogens is 1. The minimum Gasteiger partial charge on any atom is -0.339 e. The first-order chi connectivity index (χ1) is 12.1. The molecule has 1 fully saturated rings. The number of nitrogens with zero attached hydrogens (tertiary/aromatic N) is 3. The Hall–Kier alpha value is -1.96. The topological polar surface area (TPSA) is 79.5 Å². The molecule has 6 nitrogen and oxygen atoms in total. The highest BCUT2D eigenvalue weighted by atomic mass is 35.5. The Morgan fingerprint density at radius 1 is 1.12 bits per heavy atom. The van der Waals surface area contributed by atoms with Gasteiger partial charge in [-0.15, -0.1) is 23.7 Å². The van der Waals surface area contributed by atoms with Gasteiger partial charge >= 0.3 is 0 Å². The van der Waals surface area contributed by atoms with Gasteiger partial charge in [0.1, 0.15) is 10.7 Å². The molecule has 1 aliphatic heterocycles. The van der Waals surface area contributed by atoms with E-state index in [0.717, 1.165) is 10.6 Å². The maximum absolute atomic E-state index is 12.5. The maximum Gasteiger partial charge on any atom is 0.273 e. The van der Waals surface area contributed by atoms with Crippen molar-refractivity contribution >= 4 is 35.6 Å². The normalized spacial score (nSPS) is 14.1. The third kappa shape index (κ3) is 4.81. The molecule has 1 aromatic carbocycles. The number of hydrogen-bond acceptors (Lipinski definition) is 5. The van der Waals surface area contributed by atoms with Gasteiger partial charge in [-0.05, 0) is 12.5 Å². The first-order valence-electron chi connectivity index (χ1n) is 8.34. The molecular weight excluding hydrogens is 372 g/mol. The molecule has 26 heavy (non-hydrogen) atoms. The van der Waals surface area contributed by atoms with Crippen molar-refractivity contribution in [2.75, 3.05) is 26.2 Å². The minimum atomic E-state index is -0.0819. The lowest BCUT2D eigenvalue weighted by Crippen LogP contribution is -2.51. The molecule has 2 N–H and O–H groups in total. The smallest absolute Gasteiger partial charge is 0.273 e. The summed E-state index contributed by atoms with van der Waals surface area (Å²) in [5.74, 6) is 0.0246. The Morgan fingerprint density at radius 2 is 1.73 bits per heavy atom. The standard InChI is InChI=1S/C18H22N4O2S.ClH/c1-13-2-4-14(5-3-13)10-17(23)21-6-8-22(9-7-21)18(24)15-12-25-16(11-19)20-15;/h2-5,12H,6-11,19H2,1H3;1H. The van der Waals surface area contributed by atoms with E-state index in [1.165, 1.54) is 16.9 Å². The van der Waals surface area contributed by atoms with Crippen molar-refractivity contribution in [3.63, 3.8) is 0 Å². The molecule has 1 saturated heterocycles. The molecule has 0 bridgehead atoms. The number of nitrogens with two attached hydrogens (primary N) is 1. The molecule has 2 amide bonds. The van der Waals surface area contributed by atoms with Crippen molar-refractivity contribution in [2.24, 2.45) is 5.73 Å². The number of thiazole rings is 1. The Balaban J connectivity index is 0.00000243. The molecule has 8 heteroatoms. The molecule has 3 rings (SSSR count). The highest BCUT2D eigenvalue weighted by Crippen LogP contribution is 2.14. The van der Waals surface area contributed by atoms with Crippen LogP contribution in [-0.2, 0) is 17.8 Å². The van der Waals surface area contributed by atoms with E-state index in [9.17, 15) is 9.59 Å². The molecule has 0 aliphatic carbocycles. The largest absolute Gasteiger partial charge is 0.339 e. The molecule has 1 aromatic heterocycles. The van der Waals surface area contributed by atoms with Gasteiger partial charge in [0, 0.05) is 38.1 Å². The summed E-state index contributed by atoms with van der Waals surface area (Å²) in [5.41, 5.74) is 8.20. The molecule has 0 saturated carbocycles. The van der Waals surface area contributed by atoms with Gasteiger partial charge in [0.2, 0.25) is 5.91 Å². The van der Waals surface area contributed by atoms with Crippen molar-refractivity contribution in [3.8, 4) is 0 Å². The summed E-state index contributed by atoms with van der Waals surface area (Å²) in [6.45, 7) is 4.57. The maximum atomic E-state index is 12.5. The van der Waals surface area contributed by atoms with Crippen LogP contribution in [0.15, 0.2) is 29.6 Å². The van der Waals surface area contributed by atoms with Crippen LogP contribution in [0.2, 0.25) is 0 Å². The van der Waals surface area contributed by atoms with Crippen molar-refractivity contribution < 1.29 is 9.59 Å². The first-order valence-corrected chi connectivity index (χ1v) is 9.22. The van der Waals surface area contributed by atoms with Crippen LogP contribution >= 0.6 is 23.7 Å². The van der Waals surface area contributed by atoms with Crippen molar-refractivity contribution in [1.29, 1.82) is 0 Å². The van der Waals surface area contributed by atoms with Gasteiger partial charge in [-0.1, -0.05) is 29.8 Å². The zero-order valence-corrected chi connectivity index (χ0v) is 16.3. The second kappa shape index (κ2) is 9.12. The van der Waals surface area contributed by atoms with Gasteiger partial charge in [-0.3, -0.25) is 9.59 Å². The number of aryl methyl sites for hydroxylation is 1. The average molecular weight is 395 g/mol. The van der Waals surface area contributed by atoms with Gasteiger partial charge in [-0.25, -0.2) is 4.98 Å². The highest BCUT2D eigenvalue weighted by molar-refractivity contribution is 7.09. The third-order valence-electron chi connectivity index (χ3n) is 4.34. The van der Waals surface area contributed by atoms with Gasteiger partial charge in [0.25, 0.3) is 5.91 Å². The van der Waals surface area contributed by atoms with Crippen LogP contribution in [0, 0.1) is 6.92 Å². The lowest BCUT2D eigenvalue weighted by atomic mass is 10.1. The van der Waals surface area contributed by atoms with E-state index < -0.39 is 0 Å². The quantitative estimate of drug-likeness (QED) is 0.858. The molecule has 0 unspecified atom stereocenters. The fourth-order valence-corrected chi connectivity index (χ4v) is 3.46. The summed E-state index contributed by atoms with van der Waals surface area (Å²) in [4.78, 5) is 32.7. The average Bonchev–Trinajstić information content (AvgIpc) is 3.12. The number of aromatic nitrogens is 1. The van der Waals surface area contributed by atoms with Crippen LogP contribution in [-0.4, -0.2) is 52.8 Å². The fourth-order valence-electron chi connectivity index (χ4n) is 2.82. The molecule has 0 atom stereocenters. The number of amides is 2. The molecular formula is C18H23ClN4O2S. The summed E-state index contributed by atoms with van der Waals surface area (Å²) in [6, 6.07) is 8.01. The monoisotopic (exact) mass is 394 g/mol. The molecule has 2 heterocycles. The summed E-state index contributed by atoms with van der Waals surface area (Å²) in [7, 11) is 0. The lowest BCUT2D eigenvalue weighted by molar-refractivity contribution is -0.131. The second-order valence-electron chi connectivity index (χ2n) is 6.17. The second-order valence-corrected chi connectivity index (χ2v) is 7.11. The predicted molar refractivity (Wildman–Crippen MR) is 105 cm³/mol. The van der Waals surface area contributed by atoms with Gasteiger partial charge < -0.3 is 15.5 Å². The van der Waals surface area contributed by atoms with Gasteiger partial charge in [-0.2, -0.15) is 0 Å². The number of carbonyl (C=O) groups excluding carboxylic acids is 2. The SMILES string of the molecule is Cc1ccc(CC(=O)N2CCN(C(=O)c3csc(CN)n3)CC2)cc1.Cl. The van der Waals surface area contributed by atoms with E-state index in [1.54, 1.807) is 10.3 Å². The zero-order valence-electron chi connectivity index (χ0n) is 14.7. The van der Waals surface area contributed by atoms with Crippen molar-refractivity contribution in [3.05, 3.63) is 51.5 Å². The molecule has 140 valence electrons. The number of hydrogen-bond donors (Lipinski definition) is 1. The van der Waals surface area contributed by atoms with Crippen LogP contribution in [0.25, 0.3) is 0 Å². The summed E-state index contributed by atoms with van der Waals surface area (Å²) < 4.78 is 0. The van der Waals surface area contributed by atoms with E-state index in [-0.39, 0.29) is 24.2 Å². The number of rotatable bonds is 4. The molecule has 0 spiro atoms. The summed E-state index contributed by atoms with van der Waals surface area (Å²) >= 11 is 1.40. The first kappa shape index (κ1) is 20.4. The number of piperazine rings is 1. The van der Waals surface area contributed by atoms with Crippen LogP contribution in [0.3, 0.4) is 0 Å². The van der Waals surface area contributed by atoms with E-state index in [2.05, 4.69) is 4.98 Å². The minimum absolute atomic E-state index is 0. The lowest BCUT2D eigenvalue weighted by Gasteiger charge is -2.34. The Bertz CT molecular complexity index is 755. The van der Waals surface area contributed by atoms with E-state index in [4.69, 9.17) is 5.73 Å². The third-order valence-corrected chi connectivity index (χ3v) is 5.21. The Labute approximate surface area is 163 Å². The Kier molecular flexibility index (Phi) is 7.14. The van der Waals surface area contributed by atoms with E-state index in [1.807, 2.05) is 36.1 Å². The zero-order chi connectivity index (χ0) is 17.8. The fraction of sp³-hybridized carbons (Fsp3) is 0.389. The predicted octanol–water partition coefficient (Wildman–Crippen LogP) is 1.86. The number of carbonyl (C=O) groups is 2. The van der Waals surface area contributed by atoms with E-state index in [0.29, 0.717) is 44.8 Å². The summed E-state index contributed by atoms with van der Waals surface area (Å²) in [5, 5.41) is 2.51. The number of benzene rings is 1. The van der Waals surface area contributed by atoms with Crippen LogP contribution < -0.4 is 5.73 Å². The molecule has 2 aromatic rings. The van der Waals surface area contributed by atoms with Crippen molar-refractivity contribution in [1.82, 2.24) is 14.8 Å². The molecule has 0 radical (unpaired) electrons. The highest BCUT2D eigenvalue weighted by Gasteiger charge is 2.26.